The summed E-state index contributed by atoms with van der Waals surface area (Å²) in [6.45, 7) is 1.45. The van der Waals surface area contributed by atoms with E-state index in [1.54, 1.807) is 0 Å². The van der Waals surface area contributed by atoms with Crippen LogP contribution in [0.5, 0.6) is 0 Å². The van der Waals surface area contributed by atoms with Crippen molar-refractivity contribution in [2.24, 2.45) is 0 Å². The first-order chi connectivity index (χ1) is 5.81. The fraction of sp³-hybridized carbons (Fsp3) is 0.833. The smallest absolute Gasteiger partial charge is 0.207 e. The van der Waals surface area contributed by atoms with Crippen LogP contribution in [0.25, 0.3) is 0 Å². The van der Waals surface area contributed by atoms with Crippen LogP contribution in [0, 0.1) is 0 Å². The van der Waals surface area contributed by atoms with Crippen LogP contribution in [0.4, 0.5) is 0 Å². The minimum absolute atomic E-state index is 0.384. The van der Waals surface area contributed by atoms with E-state index in [1.165, 1.54) is 0 Å². The molecule has 6 nitrogen and oxygen atoms in total. The van der Waals surface area contributed by atoms with Crippen LogP contribution >= 0.6 is 0 Å². The van der Waals surface area contributed by atoms with E-state index in [0.717, 1.165) is 13.0 Å². The number of aromatic amines is 1. The van der Waals surface area contributed by atoms with Gasteiger partial charge in [0.2, 0.25) is 5.82 Å². The van der Waals surface area contributed by atoms with Crippen LogP contribution in [0.15, 0.2) is 0 Å². The molecule has 1 fully saturated rings. The maximum atomic E-state index is 9.98. The second-order valence-electron chi connectivity index (χ2n) is 3.05. The Hall–Kier alpha value is -1.01. The molecule has 1 saturated heterocycles. The van der Waals surface area contributed by atoms with Crippen molar-refractivity contribution in [1.82, 2.24) is 25.9 Å². The highest BCUT2D eigenvalue weighted by atomic mass is 16.3. The molecule has 2 heterocycles. The molecule has 66 valence electrons. The second-order valence-corrected chi connectivity index (χ2v) is 3.05. The van der Waals surface area contributed by atoms with E-state index in [0.29, 0.717) is 18.8 Å². The van der Waals surface area contributed by atoms with Gasteiger partial charge in [-0.3, -0.25) is 0 Å². The predicted molar refractivity (Wildman–Crippen MR) is 40.2 cm³/mol. The van der Waals surface area contributed by atoms with Crippen molar-refractivity contribution in [3.63, 3.8) is 0 Å². The minimum Gasteiger partial charge on any atom is -0.380 e. The quantitative estimate of drug-likeness (QED) is 0.490. The molecule has 0 spiro atoms. The lowest BCUT2D eigenvalue weighted by atomic mass is 9.94. The molecule has 0 aliphatic carbocycles. The van der Waals surface area contributed by atoms with Crippen molar-refractivity contribution in [3.05, 3.63) is 5.82 Å². The Morgan fingerprint density at radius 1 is 1.50 bits per heavy atom. The molecule has 1 atom stereocenters. The number of piperidine rings is 1. The van der Waals surface area contributed by atoms with Gasteiger partial charge in [0.1, 0.15) is 5.60 Å². The molecule has 0 bridgehead atoms. The summed E-state index contributed by atoms with van der Waals surface area (Å²) >= 11 is 0. The Morgan fingerprint density at radius 2 is 2.42 bits per heavy atom. The van der Waals surface area contributed by atoms with Gasteiger partial charge in [-0.25, -0.2) is 0 Å². The molecule has 0 radical (unpaired) electrons. The Balaban J connectivity index is 2.19. The number of β-amino-alcohol motifs (C(OH)–C–C–N with tert-alkyl or cyclic N) is 1. The van der Waals surface area contributed by atoms with Crippen molar-refractivity contribution in [3.8, 4) is 0 Å². The molecule has 0 amide bonds. The standard InChI is InChI=1S/C6H11N5O/c12-6(2-1-3-7-4-6)5-8-10-11-9-5/h7,12H,1-4H2,(H,8,9,10,11). The van der Waals surface area contributed by atoms with Gasteiger partial charge in [-0.2, -0.15) is 5.21 Å². The fourth-order valence-corrected chi connectivity index (χ4v) is 1.44. The number of nitrogens with zero attached hydrogens (tertiary/aromatic N) is 3. The molecule has 1 aromatic heterocycles. The van der Waals surface area contributed by atoms with Crippen molar-refractivity contribution in [2.45, 2.75) is 18.4 Å². The zero-order valence-electron chi connectivity index (χ0n) is 6.62. The van der Waals surface area contributed by atoms with E-state index in [1.807, 2.05) is 0 Å². The zero-order valence-corrected chi connectivity index (χ0v) is 6.62. The Kier molecular flexibility index (Phi) is 1.78. The van der Waals surface area contributed by atoms with Gasteiger partial charge in [0.15, 0.2) is 0 Å². The van der Waals surface area contributed by atoms with Crippen molar-refractivity contribution in [1.29, 1.82) is 0 Å². The number of hydrogen-bond acceptors (Lipinski definition) is 5. The van der Waals surface area contributed by atoms with Gasteiger partial charge >= 0.3 is 0 Å². The first-order valence-corrected chi connectivity index (χ1v) is 3.98. The lowest BCUT2D eigenvalue weighted by Crippen LogP contribution is -2.44. The van der Waals surface area contributed by atoms with Crippen LogP contribution < -0.4 is 5.32 Å². The van der Waals surface area contributed by atoms with Crippen LogP contribution in [0.2, 0.25) is 0 Å². The summed E-state index contributed by atoms with van der Waals surface area (Å²) in [4.78, 5) is 0. The third-order valence-electron chi connectivity index (χ3n) is 2.12. The van der Waals surface area contributed by atoms with Gasteiger partial charge in [-0.05, 0) is 19.4 Å². The second kappa shape index (κ2) is 2.80. The van der Waals surface area contributed by atoms with Gasteiger partial charge in [0.25, 0.3) is 0 Å². The molecule has 12 heavy (non-hydrogen) atoms. The molecule has 1 aliphatic rings. The monoisotopic (exact) mass is 169 g/mol. The van der Waals surface area contributed by atoms with Gasteiger partial charge in [0.05, 0.1) is 0 Å². The molecule has 1 aromatic rings. The summed E-state index contributed by atoms with van der Waals surface area (Å²) in [5.41, 5.74) is -0.925. The molecule has 2 rings (SSSR count). The molecule has 3 N–H and O–H groups in total. The minimum atomic E-state index is -0.925. The summed E-state index contributed by atoms with van der Waals surface area (Å²) in [7, 11) is 0. The van der Waals surface area contributed by atoms with Gasteiger partial charge in [-0.15, -0.1) is 10.2 Å². The number of rotatable bonds is 1. The number of hydrogen-bond donors (Lipinski definition) is 3. The van der Waals surface area contributed by atoms with Crippen LogP contribution in [-0.4, -0.2) is 38.8 Å². The third-order valence-corrected chi connectivity index (χ3v) is 2.12. The largest absolute Gasteiger partial charge is 0.380 e. The van der Waals surface area contributed by atoms with E-state index >= 15 is 0 Å². The average Bonchev–Trinajstić information content (AvgIpc) is 2.58. The van der Waals surface area contributed by atoms with E-state index in [4.69, 9.17) is 0 Å². The Labute approximate surface area is 69.4 Å². The topological polar surface area (TPSA) is 86.7 Å². The molecule has 0 saturated carbocycles. The number of nitrogens with one attached hydrogen (secondary N) is 2. The van der Waals surface area contributed by atoms with Crippen LogP contribution in [0.3, 0.4) is 0 Å². The average molecular weight is 169 g/mol. The summed E-state index contributed by atoms with van der Waals surface area (Å²) in [6.07, 6.45) is 1.63. The SMILES string of the molecule is OC1(c2nn[nH]n2)CCCNC1. The molecule has 0 aromatic carbocycles. The summed E-state index contributed by atoms with van der Waals surface area (Å²) in [6, 6.07) is 0. The fourth-order valence-electron chi connectivity index (χ4n) is 1.44. The summed E-state index contributed by atoms with van der Waals surface area (Å²) in [5, 5.41) is 26.4. The third kappa shape index (κ3) is 1.19. The predicted octanol–water partition coefficient (Wildman–Crippen LogP) is -1.23. The maximum Gasteiger partial charge on any atom is 0.207 e. The lowest BCUT2D eigenvalue weighted by Gasteiger charge is -2.29. The molecule has 1 aliphatic heterocycles. The highest BCUT2D eigenvalue weighted by Crippen LogP contribution is 2.23. The molecular formula is C6H11N5O. The maximum absolute atomic E-state index is 9.98. The Morgan fingerprint density at radius 3 is 3.00 bits per heavy atom. The number of tetrazole rings is 1. The summed E-state index contributed by atoms with van der Waals surface area (Å²) < 4.78 is 0. The van der Waals surface area contributed by atoms with Crippen molar-refractivity contribution in [2.75, 3.05) is 13.1 Å². The van der Waals surface area contributed by atoms with Crippen LogP contribution in [-0.2, 0) is 5.60 Å². The van der Waals surface area contributed by atoms with E-state index in [-0.39, 0.29) is 0 Å². The van der Waals surface area contributed by atoms with E-state index in [9.17, 15) is 5.11 Å². The molecular weight excluding hydrogens is 158 g/mol. The lowest BCUT2D eigenvalue weighted by molar-refractivity contribution is 0.00391. The van der Waals surface area contributed by atoms with Gasteiger partial charge < -0.3 is 10.4 Å². The van der Waals surface area contributed by atoms with E-state index in [2.05, 4.69) is 25.9 Å². The van der Waals surface area contributed by atoms with Gasteiger partial charge in [0, 0.05) is 6.54 Å². The Bertz CT molecular complexity index is 240. The normalized spacial score (nSPS) is 30.4. The summed E-state index contributed by atoms with van der Waals surface area (Å²) in [5.74, 6) is 0.384. The zero-order chi connectivity index (χ0) is 8.44. The van der Waals surface area contributed by atoms with Crippen molar-refractivity contribution >= 4 is 0 Å². The molecule has 1 unspecified atom stereocenters. The van der Waals surface area contributed by atoms with Crippen molar-refractivity contribution < 1.29 is 5.11 Å². The number of aliphatic hydroxyl groups is 1. The number of aromatic nitrogens is 4. The van der Waals surface area contributed by atoms with E-state index < -0.39 is 5.60 Å². The first kappa shape index (κ1) is 7.63. The van der Waals surface area contributed by atoms with Gasteiger partial charge in [-0.1, -0.05) is 5.21 Å². The number of H-pyrrole nitrogens is 1. The molecule has 6 heteroatoms. The highest BCUT2D eigenvalue weighted by Gasteiger charge is 2.35. The van der Waals surface area contributed by atoms with Crippen LogP contribution in [0.1, 0.15) is 18.7 Å². The highest BCUT2D eigenvalue weighted by molar-refractivity contribution is 5.00. The first-order valence-electron chi connectivity index (χ1n) is 3.98.